The molecule has 6 nitrogen and oxygen atoms in total. The number of ether oxygens (including phenoxy) is 2. The van der Waals surface area contributed by atoms with E-state index in [9.17, 15) is 9.59 Å². The van der Waals surface area contributed by atoms with Crippen molar-refractivity contribution in [2.75, 3.05) is 12.3 Å². The van der Waals surface area contributed by atoms with Gasteiger partial charge in [-0.2, -0.15) is 0 Å². The molecule has 0 saturated carbocycles. The number of unbranched alkanes of at least 4 members (excludes halogenated alkanes) is 1. The van der Waals surface area contributed by atoms with Crippen LogP contribution in [0.4, 0.5) is 5.69 Å². The third-order valence-corrected chi connectivity index (χ3v) is 4.85. The van der Waals surface area contributed by atoms with Gasteiger partial charge in [-0.15, -0.1) is 0 Å². The first-order chi connectivity index (χ1) is 14.4. The number of nitrogens with two attached hydrogens (primary N) is 1. The molecule has 30 heavy (non-hydrogen) atoms. The Balaban J connectivity index is 2.42. The lowest BCUT2D eigenvalue weighted by atomic mass is 10.1. The monoisotopic (exact) mass is 412 g/mol. The number of aromatic nitrogens is 1. The Bertz CT molecular complexity index is 998. The highest BCUT2D eigenvalue weighted by molar-refractivity contribution is 5.90. The summed E-state index contributed by atoms with van der Waals surface area (Å²) in [4.78, 5) is 24.1. The number of pyridine rings is 1. The second-order valence-corrected chi connectivity index (χ2v) is 7.64. The summed E-state index contributed by atoms with van der Waals surface area (Å²) in [5.74, 6) is 0.178. The summed E-state index contributed by atoms with van der Waals surface area (Å²) in [7, 11) is 0. The van der Waals surface area contributed by atoms with E-state index in [2.05, 4.69) is 19.9 Å². The van der Waals surface area contributed by atoms with Crippen molar-refractivity contribution in [3.05, 3.63) is 51.9 Å². The number of nitrogen functional groups attached to an aromatic ring is 1. The van der Waals surface area contributed by atoms with Crippen LogP contribution in [0.3, 0.4) is 0 Å². The van der Waals surface area contributed by atoms with Crippen molar-refractivity contribution in [3.8, 4) is 11.5 Å². The molecule has 2 N–H and O–H groups in total. The van der Waals surface area contributed by atoms with E-state index < -0.39 is 5.56 Å². The minimum atomic E-state index is -0.395. The van der Waals surface area contributed by atoms with E-state index in [4.69, 9.17) is 15.2 Å². The van der Waals surface area contributed by atoms with Gasteiger partial charge in [0.1, 0.15) is 6.61 Å². The molecule has 162 valence electrons. The number of aryl methyl sites for hydroxylation is 1. The number of anilines is 1. The van der Waals surface area contributed by atoms with Crippen LogP contribution in [0.2, 0.25) is 0 Å². The van der Waals surface area contributed by atoms with Gasteiger partial charge in [0.2, 0.25) is 5.75 Å². The van der Waals surface area contributed by atoms with Crippen molar-refractivity contribution in [3.63, 3.8) is 0 Å². The van der Waals surface area contributed by atoms with Crippen LogP contribution in [0.1, 0.15) is 53.4 Å². The second-order valence-electron chi connectivity index (χ2n) is 7.64. The number of carbonyl (C=O) groups excluding carboxylic acids is 1. The van der Waals surface area contributed by atoms with Crippen molar-refractivity contribution >= 4 is 23.1 Å². The molecule has 0 radical (unpaired) electrons. The van der Waals surface area contributed by atoms with E-state index in [1.807, 2.05) is 19.9 Å². The van der Waals surface area contributed by atoms with Crippen molar-refractivity contribution in [1.82, 2.24) is 4.57 Å². The molecule has 0 aliphatic carbocycles. The normalized spacial score (nSPS) is 11.4. The Kier molecular flexibility index (Phi) is 8.71. The zero-order valence-electron chi connectivity index (χ0n) is 18.4. The standard InChI is InChI=1S/C24H32N2O4/c1-5-6-13-26-21-15-19(25)10-11-20(21)22(23(24(26)28)30-16-27)29-14-12-18(4)9-7-8-17(2)3/h8,10-12,15-16H,5-7,9,13-14,25H2,1-4H3. The minimum absolute atomic E-state index is 0.0889. The Morgan fingerprint density at radius 2 is 1.93 bits per heavy atom. The lowest BCUT2D eigenvalue weighted by molar-refractivity contribution is -0.120. The summed E-state index contributed by atoms with van der Waals surface area (Å²) in [5.41, 5.74) is 9.28. The third kappa shape index (κ3) is 5.99. The van der Waals surface area contributed by atoms with Gasteiger partial charge in [0.15, 0.2) is 5.75 Å². The molecule has 1 aromatic heterocycles. The molecular formula is C24H32N2O4. The Labute approximate surface area is 178 Å². The third-order valence-electron chi connectivity index (χ3n) is 4.85. The SMILES string of the molecule is CCCCn1c(=O)c(OC=O)c(OCC=C(C)CCC=C(C)C)c2ccc(N)cc21. The van der Waals surface area contributed by atoms with Crippen LogP contribution in [0.5, 0.6) is 11.5 Å². The fourth-order valence-electron chi connectivity index (χ4n) is 3.21. The number of hydrogen-bond donors (Lipinski definition) is 1. The number of carbonyl (C=O) groups is 1. The quantitative estimate of drug-likeness (QED) is 0.319. The molecule has 0 bridgehead atoms. The summed E-state index contributed by atoms with van der Waals surface area (Å²) >= 11 is 0. The maximum absolute atomic E-state index is 13.0. The average molecular weight is 413 g/mol. The summed E-state index contributed by atoms with van der Waals surface area (Å²) in [6.07, 6.45) is 7.83. The predicted molar refractivity (Wildman–Crippen MR) is 122 cm³/mol. The zero-order valence-corrected chi connectivity index (χ0v) is 18.4. The van der Waals surface area contributed by atoms with Crippen LogP contribution in [0.15, 0.2) is 46.3 Å². The van der Waals surface area contributed by atoms with Crippen LogP contribution in [0, 0.1) is 0 Å². The number of nitrogens with zero attached hydrogens (tertiary/aromatic N) is 1. The lowest BCUT2D eigenvalue weighted by Crippen LogP contribution is -2.23. The van der Waals surface area contributed by atoms with Gasteiger partial charge in [0, 0.05) is 17.6 Å². The minimum Gasteiger partial charge on any atom is -0.485 e. The van der Waals surface area contributed by atoms with E-state index in [0.29, 0.717) is 23.1 Å². The summed E-state index contributed by atoms with van der Waals surface area (Å²) in [6.45, 7) is 9.30. The van der Waals surface area contributed by atoms with Gasteiger partial charge < -0.3 is 19.8 Å². The fourth-order valence-corrected chi connectivity index (χ4v) is 3.21. The number of fused-ring (bicyclic) bond motifs is 1. The number of benzene rings is 1. The topological polar surface area (TPSA) is 83.5 Å². The van der Waals surface area contributed by atoms with E-state index in [1.165, 1.54) is 11.1 Å². The van der Waals surface area contributed by atoms with Crippen LogP contribution in [-0.2, 0) is 11.3 Å². The highest BCUT2D eigenvalue weighted by Crippen LogP contribution is 2.34. The molecule has 0 aliphatic heterocycles. The molecule has 0 aliphatic rings. The highest BCUT2D eigenvalue weighted by Gasteiger charge is 2.19. The van der Waals surface area contributed by atoms with Crippen LogP contribution < -0.4 is 20.8 Å². The van der Waals surface area contributed by atoms with Crippen molar-refractivity contribution in [2.24, 2.45) is 0 Å². The Hall–Kier alpha value is -3.02. The molecule has 2 aromatic rings. The molecule has 1 heterocycles. The molecule has 0 atom stereocenters. The van der Waals surface area contributed by atoms with Gasteiger partial charge in [-0.05, 0) is 64.3 Å². The number of rotatable bonds is 11. The maximum atomic E-state index is 13.0. The van der Waals surface area contributed by atoms with Crippen molar-refractivity contribution in [2.45, 2.75) is 59.9 Å². The van der Waals surface area contributed by atoms with Gasteiger partial charge in [0.05, 0.1) is 5.52 Å². The maximum Gasteiger partial charge on any atom is 0.298 e. The number of hydrogen-bond acceptors (Lipinski definition) is 5. The van der Waals surface area contributed by atoms with E-state index in [0.717, 1.165) is 25.7 Å². The molecule has 0 fully saturated rings. The second kappa shape index (κ2) is 11.2. The van der Waals surface area contributed by atoms with Gasteiger partial charge in [-0.1, -0.05) is 30.6 Å². The van der Waals surface area contributed by atoms with E-state index in [1.54, 1.807) is 22.8 Å². The van der Waals surface area contributed by atoms with Crippen LogP contribution in [0.25, 0.3) is 10.9 Å². The van der Waals surface area contributed by atoms with Crippen LogP contribution >= 0.6 is 0 Å². The van der Waals surface area contributed by atoms with Crippen molar-refractivity contribution < 1.29 is 14.3 Å². The molecule has 6 heteroatoms. The van der Waals surface area contributed by atoms with Crippen molar-refractivity contribution in [1.29, 1.82) is 0 Å². The Morgan fingerprint density at radius 1 is 1.17 bits per heavy atom. The van der Waals surface area contributed by atoms with Gasteiger partial charge in [-0.25, -0.2) is 0 Å². The molecule has 0 unspecified atom stereocenters. The zero-order chi connectivity index (χ0) is 22.1. The first-order valence-electron chi connectivity index (χ1n) is 10.4. The van der Waals surface area contributed by atoms with Crippen LogP contribution in [-0.4, -0.2) is 17.6 Å². The first kappa shape index (κ1) is 23.3. The Morgan fingerprint density at radius 3 is 2.60 bits per heavy atom. The molecule has 0 saturated heterocycles. The summed E-state index contributed by atoms with van der Waals surface area (Å²) < 4.78 is 12.6. The van der Waals surface area contributed by atoms with Gasteiger partial charge in [-0.3, -0.25) is 9.59 Å². The van der Waals surface area contributed by atoms with Gasteiger partial charge >= 0.3 is 0 Å². The molecule has 2 rings (SSSR count). The molecular weight excluding hydrogens is 380 g/mol. The van der Waals surface area contributed by atoms with Gasteiger partial charge in [0.25, 0.3) is 12.0 Å². The van der Waals surface area contributed by atoms with E-state index >= 15 is 0 Å². The lowest BCUT2D eigenvalue weighted by Gasteiger charge is -2.17. The predicted octanol–water partition coefficient (Wildman–Crippen LogP) is 4.99. The summed E-state index contributed by atoms with van der Waals surface area (Å²) in [6, 6.07) is 5.30. The van der Waals surface area contributed by atoms with E-state index in [-0.39, 0.29) is 24.6 Å². The number of allylic oxidation sites excluding steroid dienone is 3. The summed E-state index contributed by atoms with van der Waals surface area (Å²) in [5, 5.41) is 0.687. The molecule has 0 spiro atoms. The molecule has 0 amide bonds. The highest BCUT2D eigenvalue weighted by atomic mass is 16.5. The largest absolute Gasteiger partial charge is 0.485 e. The fraction of sp³-hybridized carbons (Fsp3) is 0.417. The smallest absolute Gasteiger partial charge is 0.298 e. The molecule has 1 aromatic carbocycles. The first-order valence-corrected chi connectivity index (χ1v) is 10.4. The average Bonchev–Trinajstić information content (AvgIpc) is 2.69.